The summed E-state index contributed by atoms with van der Waals surface area (Å²) >= 11 is 6.56. The fourth-order valence-corrected chi connectivity index (χ4v) is 6.35. The second-order valence-electron chi connectivity index (χ2n) is 8.72. The van der Waals surface area contributed by atoms with Gasteiger partial charge in [-0.15, -0.1) is 11.3 Å². The number of aliphatic hydroxyl groups excluding tert-OH is 3. The van der Waals surface area contributed by atoms with E-state index in [9.17, 15) is 27.2 Å². The normalized spacial score (nSPS) is 11.6. The number of nitrogens with two attached hydrogens (primary N) is 2. The minimum Gasteiger partial charge on any atom is -0.394 e. The first kappa shape index (κ1) is 32.7. The summed E-state index contributed by atoms with van der Waals surface area (Å²) in [5, 5.41) is 27.6. The zero-order valence-corrected chi connectivity index (χ0v) is 24.1. The minimum absolute atomic E-state index is 0.0518. The molecule has 0 saturated carbocycles. The van der Waals surface area contributed by atoms with Gasteiger partial charge in [-0.1, -0.05) is 11.6 Å². The van der Waals surface area contributed by atoms with Crippen molar-refractivity contribution in [1.82, 2.24) is 9.55 Å². The molecule has 14 nitrogen and oxygen atoms in total. The van der Waals surface area contributed by atoms with Crippen LogP contribution in [0.4, 0.5) is 20.6 Å². The van der Waals surface area contributed by atoms with Gasteiger partial charge in [0.1, 0.15) is 10.0 Å². The van der Waals surface area contributed by atoms with Crippen molar-refractivity contribution in [2.24, 2.45) is 11.5 Å². The lowest BCUT2D eigenvalue weighted by Crippen LogP contribution is -2.50. The topological polar surface area (TPSA) is 234 Å². The first-order chi connectivity index (χ1) is 19.7. The molecule has 2 amide bonds. The lowest BCUT2D eigenvalue weighted by molar-refractivity contribution is 0.0697. The van der Waals surface area contributed by atoms with Gasteiger partial charge in [-0.2, -0.15) is 12.7 Å². The van der Waals surface area contributed by atoms with Crippen molar-refractivity contribution in [2.75, 3.05) is 36.5 Å². The van der Waals surface area contributed by atoms with Crippen molar-refractivity contribution in [2.45, 2.75) is 9.75 Å². The zero-order valence-electron chi connectivity index (χ0n) is 21.7. The number of thiophene rings is 1. The highest BCUT2D eigenvalue weighted by Gasteiger charge is 2.31. The molecule has 4 aromatic rings. The summed E-state index contributed by atoms with van der Waals surface area (Å²) in [4.78, 5) is 40.1. The highest BCUT2D eigenvalue weighted by Crippen LogP contribution is 2.31. The van der Waals surface area contributed by atoms with E-state index in [0.29, 0.717) is 4.31 Å². The molecular formula is C24H26ClFN6O8S2. The Hall–Kier alpha value is -3.84. The molecule has 0 aliphatic carbocycles. The van der Waals surface area contributed by atoms with Crippen molar-refractivity contribution in [3.8, 4) is 5.69 Å². The maximum atomic E-state index is 14.2. The molecule has 226 valence electrons. The molecule has 0 saturated heterocycles. The first-order valence-electron chi connectivity index (χ1n) is 11.7. The molecule has 0 radical (unpaired) electrons. The van der Waals surface area contributed by atoms with E-state index in [2.05, 4.69) is 10.3 Å². The predicted molar refractivity (Wildman–Crippen MR) is 156 cm³/mol. The van der Waals surface area contributed by atoms with Crippen molar-refractivity contribution < 1.29 is 32.9 Å². The van der Waals surface area contributed by atoms with Crippen LogP contribution in [0.1, 0.15) is 0 Å². The van der Waals surface area contributed by atoms with Crippen molar-refractivity contribution >= 4 is 61.3 Å². The average molecular weight is 645 g/mol. The standard InChI is InChI=1S/C20H15ClFN5O5S2.C4H11NO3/c1-24-15-9-14-12(8-13(15)22)18(28)26(20(30)25-14)10-2-4-11(5-3-10)27(19(23)29)34(31,32)17-7-6-16(21)33-17;5-4(1-6,2-7)3-8/h2-9,24H,1H3,(H2,23,29)(H,25,30);6-8H,1-3,5H2. The fourth-order valence-electron chi connectivity index (χ4n) is 3.46. The summed E-state index contributed by atoms with van der Waals surface area (Å²) < 4.78 is 41.1. The number of aromatic amines is 1. The molecule has 0 unspecified atom stereocenters. The van der Waals surface area contributed by atoms with E-state index in [4.69, 9.17) is 38.4 Å². The molecule has 2 aromatic carbocycles. The number of halogens is 2. The molecule has 4 rings (SSSR count). The quantitative estimate of drug-likeness (QED) is 0.140. The number of aliphatic hydroxyl groups is 3. The number of benzene rings is 2. The number of anilines is 2. The number of nitrogens with zero attached hydrogens (tertiary/aromatic N) is 2. The van der Waals surface area contributed by atoms with Gasteiger partial charge in [-0.05, 0) is 48.5 Å². The number of fused-ring (bicyclic) bond motifs is 1. The molecule has 0 fully saturated rings. The molecule has 42 heavy (non-hydrogen) atoms. The van der Waals surface area contributed by atoms with Crippen LogP contribution in [0.2, 0.25) is 4.34 Å². The van der Waals surface area contributed by atoms with Crippen LogP contribution in [0.5, 0.6) is 0 Å². The van der Waals surface area contributed by atoms with Gasteiger partial charge in [0.25, 0.3) is 15.6 Å². The lowest BCUT2D eigenvalue weighted by atomic mass is 10.1. The summed E-state index contributed by atoms with van der Waals surface area (Å²) in [6, 6.07) is 8.54. The molecular weight excluding hydrogens is 619 g/mol. The molecule has 18 heteroatoms. The van der Waals surface area contributed by atoms with Gasteiger partial charge in [0.2, 0.25) is 0 Å². The molecule has 2 heterocycles. The second kappa shape index (κ2) is 13.0. The van der Waals surface area contributed by atoms with E-state index in [-0.39, 0.29) is 36.5 Å². The molecule has 2 aromatic heterocycles. The highest BCUT2D eigenvalue weighted by molar-refractivity contribution is 7.95. The van der Waals surface area contributed by atoms with Crippen LogP contribution in [0.15, 0.2) is 62.3 Å². The van der Waals surface area contributed by atoms with E-state index in [0.717, 1.165) is 22.0 Å². The van der Waals surface area contributed by atoms with E-state index < -0.39 is 58.5 Å². The second-order valence-corrected chi connectivity index (χ2v) is 12.4. The van der Waals surface area contributed by atoms with Crippen LogP contribution in [-0.4, -0.2) is 71.7 Å². The Bertz CT molecular complexity index is 1810. The predicted octanol–water partition coefficient (Wildman–Crippen LogP) is 0.510. The Morgan fingerprint density at radius 1 is 1.12 bits per heavy atom. The third-order valence-electron chi connectivity index (χ3n) is 5.79. The number of rotatable bonds is 8. The number of primary amides is 1. The number of nitrogens with one attached hydrogen (secondary N) is 2. The Kier molecular flexibility index (Phi) is 10.1. The largest absolute Gasteiger partial charge is 0.394 e. The van der Waals surface area contributed by atoms with Crippen LogP contribution >= 0.6 is 22.9 Å². The van der Waals surface area contributed by atoms with Gasteiger partial charge in [-0.3, -0.25) is 4.79 Å². The Labute approximate surface area is 246 Å². The Morgan fingerprint density at radius 3 is 2.17 bits per heavy atom. The fraction of sp³-hybridized carbons (Fsp3) is 0.208. The zero-order chi connectivity index (χ0) is 31.4. The number of hydrogen-bond acceptors (Lipinski definition) is 11. The maximum Gasteiger partial charge on any atom is 0.333 e. The smallest absolute Gasteiger partial charge is 0.333 e. The molecule has 0 spiro atoms. The van der Waals surface area contributed by atoms with Crippen LogP contribution in [0.25, 0.3) is 16.6 Å². The summed E-state index contributed by atoms with van der Waals surface area (Å²) in [5.41, 5.74) is 7.83. The van der Waals surface area contributed by atoms with E-state index in [1.165, 1.54) is 49.5 Å². The van der Waals surface area contributed by atoms with Gasteiger partial charge < -0.3 is 37.1 Å². The number of H-pyrrole nitrogens is 1. The average Bonchev–Trinajstić information content (AvgIpc) is 3.41. The van der Waals surface area contributed by atoms with Crippen molar-refractivity contribution in [3.63, 3.8) is 0 Å². The third-order valence-corrected chi connectivity index (χ3v) is 9.21. The third kappa shape index (κ3) is 6.62. The molecule has 0 aliphatic heterocycles. The van der Waals surface area contributed by atoms with E-state index in [1.807, 2.05) is 0 Å². The highest BCUT2D eigenvalue weighted by atomic mass is 35.5. The lowest BCUT2D eigenvalue weighted by Gasteiger charge is -2.20. The monoisotopic (exact) mass is 644 g/mol. The van der Waals surface area contributed by atoms with Crippen LogP contribution in [0, 0.1) is 5.82 Å². The molecule has 0 bridgehead atoms. The van der Waals surface area contributed by atoms with Gasteiger partial charge in [0.05, 0.1) is 57.7 Å². The number of sulfonamides is 1. The number of carbonyl (C=O) groups excluding carboxylic acids is 1. The molecule has 0 atom stereocenters. The van der Waals surface area contributed by atoms with Crippen molar-refractivity contribution in [3.05, 3.63) is 79.5 Å². The molecule has 9 N–H and O–H groups in total. The summed E-state index contributed by atoms with van der Waals surface area (Å²) in [6.45, 7) is -1.21. The van der Waals surface area contributed by atoms with Crippen molar-refractivity contribution in [1.29, 1.82) is 0 Å². The van der Waals surface area contributed by atoms with Gasteiger partial charge >= 0.3 is 11.7 Å². The first-order valence-corrected chi connectivity index (χ1v) is 14.3. The van der Waals surface area contributed by atoms with Gasteiger partial charge in [-0.25, -0.2) is 18.5 Å². The number of hydrogen-bond donors (Lipinski definition) is 7. The summed E-state index contributed by atoms with van der Waals surface area (Å²) in [5.74, 6) is -0.683. The van der Waals surface area contributed by atoms with Crippen LogP contribution < -0.4 is 32.3 Å². The number of urea groups is 1. The number of aromatic nitrogens is 2. The Balaban J connectivity index is 0.000000531. The van der Waals surface area contributed by atoms with Gasteiger partial charge in [0, 0.05) is 7.05 Å². The van der Waals surface area contributed by atoms with Gasteiger partial charge in [0.15, 0.2) is 0 Å². The summed E-state index contributed by atoms with van der Waals surface area (Å²) in [6.07, 6.45) is 0. The maximum absolute atomic E-state index is 14.2. The van der Waals surface area contributed by atoms with Crippen LogP contribution in [-0.2, 0) is 10.0 Å². The molecule has 0 aliphatic rings. The van der Waals surface area contributed by atoms with E-state index in [1.54, 1.807) is 0 Å². The van der Waals surface area contributed by atoms with Crippen LogP contribution in [0.3, 0.4) is 0 Å². The summed E-state index contributed by atoms with van der Waals surface area (Å²) in [7, 11) is -2.86. The van der Waals surface area contributed by atoms with E-state index >= 15 is 0 Å². The number of carbonyl (C=O) groups is 1. The Morgan fingerprint density at radius 2 is 1.71 bits per heavy atom. The SMILES string of the molecule is CNc1cc2[nH]c(=O)n(-c3ccc(N(C(N)=O)S(=O)(=O)c4ccc(Cl)s4)cc3)c(=O)c2cc1F.NC(CO)(CO)CO. The minimum atomic E-state index is -4.36. The number of amides is 2.